The lowest BCUT2D eigenvalue weighted by atomic mass is 9.98. The van der Waals surface area contributed by atoms with E-state index in [1.54, 1.807) is 12.1 Å². The largest absolute Gasteiger partial charge is 0.465 e. The second kappa shape index (κ2) is 8.38. The summed E-state index contributed by atoms with van der Waals surface area (Å²) in [6.07, 6.45) is 6.67. The summed E-state index contributed by atoms with van der Waals surface area (Å²) < 4.78 is 25.5. The van der Waals surface area contributed by atoms with Gasteiger partial charge in [0.05, 0.1) is 6.10 Å². The van der Waals surface area contributed by atoms with Gasteiger partial charge in [0.15, 0.2) is 6.29 Å². The molecule has 0 heterocycles. The molecule has 2 unspecified atom stereocenters. The van der Waals surface area contributed by atoms with Crippen LogP contribution in [0.15, 0.2) is 24.3 Å². The highest BCUT2D eigenvalue weighted by molar-refractivity contribution is 5.28. The first kappa shape index (κ1) is 16.3. The molecular weight excluding hydrogens is 267 g/mol. The Morgan fingerprint density at radius 3 is 2.29 bits per heavy atom. The molecule has 1 fully saturated rings. The number of hydrogen-bond acceptors (Lipinski definition) is 2. The maximum atomic E-state index is 13.6. The van der Waals surface area contributed by atoms with Gasteiger partial charge in [-0.3, -0.25) is 0 Å². The Morgan fingerprint density at radius 2 is 1.71 bits per heavy atom. The summed E-state index contributed by atoms with van der Waals surface area (Å²) in [5, 5.41) is 0. The highest BCUT2D eigenvalue weighted by Crippen LogP contribution is 2.26. The Morgan fingerprint density at radius 1 is 1.05 bits per heavy atom. The van der Waals surface area contributed by atoms with Crippen LogP contribution < -0.4 is 4.74 Å². The van der Waals surface area contributed by atoms with Gasteiger partial charge in [0.1, 0.15) is 11.9 Å². The van der Waals surface area contributed by atoms with Crippen LogP contribution in [-0.2, 0) is 4.74 Å². The molecule has 0 aliphatic heterocycles. The van der Waals surface area contributed by atoms with Crippen LogP contribution >= 0.6 is 0 Å². The molecule has 1 aliphatic rings. The van der Waals surface area contributed by atoms with Gasteiger partial charge in [-0.1, -0.05) is 45.2 Å². The first-order valence-corrected chi connectivity index (χ1v) is 8.29. The zero-order chi connectivity index (χ0) is 15.1. The molecule has 2 nitrogen and oxygen atoms in total. The van der Waals surface area contributed by atoms with E-state index < -0.39 is 6.17 Å². The van der Waals surface area contributed by atoms with Crippen molar-refractivity contribution in [2.45, 2.75) is 77.4 Å². The second-order valence-electron chi connectivity index (χ2n) is 5.80. The summed E-state index contributed by atoms with van der Waals surface area (Å²) in [4.78, 5) is 0. The molecule has 2 atom stereocenters. The summed E-state index contributed by atoms with van der Waals surface area (Å²) in [6.45, 7) is 3.91. The minimum absolute atomic E-state index is 0.203. The van der Waals surface area contributed by atoms with Crippen LogP contribution in [0.4, 0.5) is 4.39 Å². The van der Waals surface area contributed by atoms with Gasteiger partial charge in [-0.2, -0.15) is 0 Å². The van der Waals surface area contributed by atoms with Crippen LogP contribution in [0.5, 0.6) is 5.75 Å². The third-order valence-electron chi connectivity index (χ3n) is 4.10. The SMILES string of the molecule is CCC(Oc1ccc(C(F)CC)cc1)OC1CCCCC1. The lowest BCUT2D eigenvalue weighted by Gasteiger charge is -2.27. The molecule has 0 aromatic heterocycles. The highest BCUT2D eigenvalue weighted by atomic mass is 19.1. The van der Waals surface area contributed by atoms with E-state index >= 15 is 0 Å². The predicted octanol–water partition coefficient (Wildman–Crippen LogP) is 5.57. The standard InChI is InChI=1S/C18H27FO2/c1-3-17(19)14-10-12-16(13-11-14)21-18(4-2)20-15-8-6-5-7-9-15/h10-13,15,17-18H,3-9H2,1-2H3. The van der Waals surface area contributed by atoms with Crippen LogP contribution in [-0.4, -0.2) is 12.4 Å². The summed E-state index contributed by atoms with van der Waals surface area (Å²) in [7, 11) is 0. The van der Waals surface area contributed by atoms with Gasteiger partial charge in [-0.15, -0.1) is 0 Å². The highest BCUT2D eigenvalue weighted by Gasteiger charge is 2.19. The van der Waals surface area contributed by atoms with E-state index in [0.29, 0.717) is 18.1 Å². The molecule has 1 saturated carbocycles. The Labute approximate surface area is 127 Å². The summed E-state index contributed by atoms with van der Waals surface area (Å²) in [6, 6.07) is 7.28. The minimum Gasteiger partial charge on any atom is -0.465 e. The van der Waals surface area contributed by atoms with E-state index in [1.807, 2.05) is 19.1 Å². The molecule has 21 heavy (non-hydrogen) atoms. The normalized spacial score (nSPS) is 19.2. The molecule has 2 rings (SSSR count). The Balaban J connectivity index is 1.88. The van der Waals surface area contributed by atoms with Gasteiger partial charge in [0.25, 0.3) is 0 Å². The molecule has 3 heteroatoms. The molecule has 0 saturated heterocycles. The van der Waals surface area contributed by atoms with E-state index in [0.717, 1.165) is 25.0 Å². The van der Waals surface area contributed by atoms with Crippen molar-refractivity contribution < 1.29 is 13.9 Å². The van der Waals surface area contributed by atoms with Crippen molar-refractivity contribution in [2.75, 3.05) is 0 Å². The van der Waals surface area contributed by atoms with E-state index in [2.05, 4.69) is 6.92 Å². The molecule has 1 aromatic carbocycles. The van der Waals surface area contributed by atoms with Gasteiger partial charge in [0, 0.05) is 6.42 Å². The molecule has 0 amide bonds. The summed E-state index contributed by atoms with van der Waals surface area (Å²) in [5.74, 6) is 0.754. The van der Waals surface area contributed by atoms with Crippen molar-refractivity contribution in [2.24, 2.45) is 0 Å². The van der Waals surface area contributed by atoms with E-state index in [-0.39, 0.29) is 6.29 Å². The lowest BCUT2D eigenvalue weighted by Crippen LogP contribution is -2.28. The molecule has 0 N–H and O–H groups in total. The molecular formula is C18H27FO2. The maximum absolute atomic E-state index is 13.6. The lowest BCUT2D eigenvalue weighted by molar-refractivity contribution is -0.129. The molecule has 118 valence electrons. The number of halogens is 1. The van der Waals surface area contributed by atoms with Gasteiger partial charge in [-0.05, 0) is 37.0 Å². The summed E-state index contributed by atoms with van der Waals surface area (Å²) in [5.41, 5.74) is 0.714. The van der Waals surface area contributed by atoms with Crippen LogP contribution in [0, 0.1) is 0 Å². The number of rotatable bonds is 7. The molecule has 1 aromatic rings. The average molecular weight is 294 g/mol. The smallest absolute Gasteiger partial charge is 0.199 e. The van der Waals surface area contributed by atoms with Crippen molar-refractivity contribution in [3.63, 3.8) is 0 Å². The van der Waals surface area contributed by atoms with Gasteiger partial charge in [0.2, 0.25) is 0 Å². The van der Waals surface area contributed by atoms with Gasteiger partial charge >= 0.3 is 0 Å². The van der Waals surface area contributed by atoms with Crippen LogP contribution in [0.25, 0.3) is 0 Å². The zero-order valence-corrected chi connectivity index (χ0v) is 13.2. The van der Waals surface area contributed by atoms with Crippen molar-refractivity contribution in [1.29, 1.82) is 0 Å². The third kappa shape index (κ3) is 4.99. The van der Waals surface area contributed by atoms with Crippen LogP contribution in [0.3, 0.4) is 0 Å². The van der Waals surface area contributed by atoms with Crippen molar-refractivity contribution >= 4 is 0 Å². The number of hydrogen-bond donors (Lipinski definition) is 0. The maximum Gasteiger partial charge on any atom is 0.199 e. The Hall–Kier alpha value is -1.09. The Kier molecular flexibility index (Phi) is 6.50. The molecule has 0 bridgehead atoms. The number of alkyl halides is 1. The van der Waals surface area contributed by atoms with Crippen LogP contribution in [0.1, 0.15) is 70.5 Å². The van der Waals surface area contributed by atoms with Crippen LogP contribution in [0.2, 0.25) is 0 Å². The quantitative estimate of drug-likeness (QED) is 0.612. The van der Waals surface area contributed by atoms with Crippen molar-refractivity contribution in [1.82, 2.24) is 0 Å². The van der Waals surface area contributed by atoms with E-state index in [1.165, 1.54) is 19.3 Å². The van der Waals surface area contributed by atoms with E-state index in [4.69, 9.17) is 9.47 Å². The van der Waals surface area contributed by atoms with Crippen molar-refractivity contribution in [3.8, 4) is 5.75 Å². The first-order valence-electron chi connectivity index (χ1n) is 8.29. The molecule has 1 aliphatic carbocycles. The fourth-order valence-electron chi connectivity index (χ4n) is 2.77. The topological polar surface area (TPSA) is 18.5 Å². The third-order valence-corrected chi connectivity index (χ3v) is 4.10. The monoisotopic (exact) mass is 294 g/mol. The molecule has 0 spiro atoms. The average Bonchev–Trinajstić information content (AvgIpc) is 2.55. The minimum atomic E-state index is -0.889. The number of benzene rings is 1. The predicted molar refractivity (Wildman–Crippen MR) is 83.2 cm³/mol. The number of ether oxygens (including phenoxy) is 2. The van der Waals surface area contributed by atoms with E-state index in [9.17, 15) is 4.39 Å². The summed E-state index contributed by atoms with van der Waals surface area (Å²) >= 11 is 0. The fraction of sp³-hybridized carbons (Fsp3) is 0.667. The fourth-order valence-corrected chi connectivity index (χ4v) is 2.77. The first-order chi connectivity index (χ1) is 10.2. The second-order valence-corrected chi connectivity index (χ2v) is 5.80. The van der Waals surface area contributed by atoms with Gasteiger partial charge < -0.3 is 9.47 Å². The zero-order valence-electron chi connectivity index (χ0n) is 13.2. The Bertz CT molecular complexity index is 398. The van der Waals surface area contributed by atoms with Crippen molar-refractivity contribution in [3.05, 3.63) is 29.8 Å². The van der Waals surface area contributed by atoms with Gasteiger partial charge in [-0.25, -0.2) is 4.39 Å². The molecule has 0 radical (unpaired) electrons.